The Balaban J connectivity index is 3.01. The molecule has 0 atom stereocenters. The van der Waals surface area contributed by atoms with E-state index in [-0.39, 0.29) is 0 Å². The maximum absolute atomic E-state index is 8.77. The summed E-state index contributed by atoms with van der Waals surface area (Å²) in [5.41, 5.74) is 0. The summed E-state index contributed by atoms with van der Waals surface area (Å²) in [7, 11) is 0. The van der Waals surface area contributed by atoms with Gasteiger partial charge in [0.05, 0.1) is 0 Å². The van der Waals surface area contributed by atoms with Crippen molar-refractivity contribution in [2.24, 2.45) is 0 Å². The summed E-state index contributed by atoms with van der Waals surface area (Å²) in [6.45, 7) is 1.35. The molecule has 0 heterocycles. The number of nitrogens with one attached hydrogen (secondary N) is 1. The van der Waals surface area contributed by atoms with Gasteiger partial charge in [-0.1, -0.05) is 173 Å². The van der Waals surface area contributed by atoms with Gasteiger partial charge in [0.2, 0.25) is 0 Å². The molecule has 2 nitrogen and oxygen atoms in total. The highest BCUT2D eigenvalue weighted by Crippen LogP contribution is 2.16. The van der Waals surface area contributed by atoms with Gasteiger partial charge in [0.15, 0.2) is 0 Å². The average molecular weight is 516 g/mol. The standard InChI is InChI=1S/C30H61NOS2/c32-29-27-25-23-21-19-17-15-13-11-9-7-5-3-1-2-4-6-8-10-12-14-16-18-20-22-24-26-28-31-30(33)34/h32H,1-29H2,(H2,31,33,34). The molecule has 0 aromatic carbocycles. The lowest BCUT2D eigenvalue weighted by molar-refractivity contribution is 0.282. The van der Waals surface area contributed by atoms with Gasteiger partial charge in [-0.3, -0.25) is 0 Å². The number of thiocarbonyl (C=S) groups is 1. The molecule has 0 rings (SSSR count). The van der Waals surface area contributed by atoms with Crippen molar-refractivity contribution in [3.05, 3.63) is 0 Å². The highest BCUT2D eigenvalue weighted by Gasteiger charge is 1.97. The van der Waals surface area contributed by atoms with Crippen molar-refractivity contribution in [2.75, 3.05) is 13.2 Å². The van der Waals surface area contributed by atoms with Gasteiger partial charge < -0.3 is 10.4 Å². The first-order valence-corrected chi connectivity index (χ1v) is 16.2. The quantitative estimate of drug-likeness (QED) is 0.0526. The van der Waals surface area contributed by atoms with Crippen LogP contribution in [-0.2, 0) is 0 Å². The molecule has 34 heavy (non-hydrogen) atoms. The Kier molecular flexibility index (Phi) is 31.4. The first-order chi connectivity index (χ1) is 16.8. The van der Waals surface area contributed by atoms with Crippen LogP contribution in [0.2, 0.25) is 0 Å². The fourth-order valence-corrected chi connectivity index (χ4v) is 5.07. The van der Waals surface area contributed by atoms with Crippen LogP contribution in [0.1, 0.15) is 173 Å². The summed E-state index contributed by atoms with van der Waals surface area (Å²) in [6.07, 6.45) is 37.7. The second kappa shape index (κ2) is 31.2. The van der Waals surface area contributed by atoms with Gasteiger partial charge in [0, 0.05) is 13.2 Å². The Morgan fingerprint density at radius 1 is 0.412 bits per heavy atom. The summed E-state index contributed by atoms with van der Waals surface area (Å²) >= 11 is 8.97. The van der Waals surface area contributed by atoms with E-state index in [0.29, 0.717) is 10.9 Å². The van der Waals surface area contributed by atoms with Crippen molar-refractivity contribution in [1.29, 1.82) is 0 Å². The minimum Gasteiger partial charge on any atom is -0.396 e. The second-order valence-corrected chi connectivity index (χ2v) is 11.7. The van der Waals surface area contributed by atoms with E-state index in [4.69, 9.17) is 17.3 Å². The van der Waals surface area contributed by atoms with Crippen molar-refractivity contribution in [3.63, 3.8) is 0 Å². The number of thiol groups is 1. The molecule has 2 N–H and O–H groups in total. The molecule has 0 radical (unpaired) electrons. The van der Waals surface area contributed by atoms with Crippen LogP contribution in [0, 0.1) is 0 Å². The molecular formula is C30H61NOS2. The van der Waals surface area contributed by atoms with Crippen LogP contribution in [0.3, 0.4) is 0 Å². The van der Waals surface area contributed by atoms with Crippen LogP contribution < -0.4 is 5.32 Å². The van der Waals surface area contributed by atoms with E-state index in [0.717, 1.165) is 13.0 Å². The molecule has 0 fully saturated rings. The molecule has 0 aliphatic rings. The van der Waals surface area contributed by atoms with Gasteiger partial charge in [-0.15, -0.1) is 12.6 Å². The van der Waals surface area contributed by atoms with E-state index in [2.05, 4.69) is 17.9 Å². The molecule has 0 unspecified atom stereocenters. The zero-order valence-electron chi connectivity index (χ0n) is 22.8. The van der Waals surface area contributed by atoms with Crippen molar-refractivity contribution in [2.45, 2.75) is 173 Å². The van der Waals surface area contributed by atoms with Crippen LogP contribution in [-0.4, -0.2) is 22.6 Å². The zero-order valence-corrected chi connectivity index (χ0v) is 24.5. The minimum atomic E-state index is 0.370. The third-order valence-electron chi connectivity index (χ3n) is 7.11. The highest BCUT2D eigenvalue weighted by atomic mass is 32.1. The molecule has 4 heteroatoms. The summed E-state index contributed by atoms with van der Waals surface area (Å²) in [6, 6.07) is 0. The van der Waals surface area contributed by atoms with Gasteiger partial charge in [-0.05, 0) is 12.8 Å². The van der Waals surface area contributed by atoms with E-state index >= 15 is 0 Å². The molecule has 0 aliphatic carbocycles. The topological polar surface area (TPSA) is 32.3 Å². The van der Waals surface area contributed by atoms with E-state index in [1.165, 1.54) is 167 Å². The van der Waals surface area contributed by atoms with Crippen LogP contribution in [0.15, 0.2) is 0 Å². The predicted octanol–water partition coefficient (Wildman–Crippen LogP) is 10.3. The molecule has 0 saturated carbocycles. The number of aliphatic hydroxyl groups is 1. The maximum Gasteiger partial charge on any atom is 0.130 e. The number of hydrogen-bond donors (Lipinski definition) is 3. The second-order valence-electron chi connectivity index (χ2n) is 10.5. The fourth-order valence-electron chi connectivity index (χ4n) is 4.85. The molecule has 0 saturated heterocycles. The number of hydrogen-bond acceptors (Lipinski definition) is 2. The number of aliphatic hydroxyl groups excluding tert-OH is 1. The Bertz CT molecular complexity index is 392. The summed E-state index contributed by atoms with van der Waals surface area (Å²) in [5.74, 6) is 0. The third kappa shape index (κ3) is 32.2. The predicted molar refractivity (Wildman–Crippen MR) is 161 cm³/mol. The molecule has 0 spiro atoms. The van der Waals surface area contributed by atoms with Gasteiger partial charge >= 0.3 is 0 Å². The van der Waals surface area contributed by atoms with Crippen molar-refractivity contribution < 1.29 is 5.11 Å². The fraction of sp³-hybridized carbons (Fsp3) is 0.967. The van der Waals surface area contributed by atoms with E-state index < -0.39 is 0 Å². The van der Waals surface area contributed by atoms with Crippen molar-refractivity contribution >= 4 is 29.2 Å². The van der Waals surface area contributed by atoms with E-state index in [9.17, 15) is 0 Å². The highest BCUT2D eigenvalue weighted by molar-refractivity contribution is 8.11. The Morgan fingerprint density at radius 3 is 0.824 bits per heavy atom. The molecule has 0 amide bonds. The molecular weight excluding hydrogens is 454 g/mol. The van der Waals surface area contributed by atoms with Gasteiger partial charge in [-0.2, -0.15) is 0 Å². The first kappa shape index (κ1) is 34.2. The number of unbranched alkanes of at least 4 members (excludes halogenated alkanes) is 26. The smallest absolute Gasteiger partial charge is 0.130 e. The van der Waals surface area contributed by atoms with Crippen molar-refractivity contribution in [3.8, 4) is 0 Å². The normalized spacial score (nSPS) is 11.2. The molecule has 0 bridgehead atoms. The molecule has 0 aromatic heterocycles. The first-order valence-electron chi connectivity index (χ1n) is 15.3. The Morgan fingerprint density at radius 2 is 0.618 bits per heavy atom. The summed E-state index contributed by atoms with van der Waals surface area (Å²) < 4.78 is 0.626. The van der Waals surface area contributed by atoms with E-state index in [1.807, 2.05) is 0 Å². The van der Waals surface area contributed by atoms with Crippen LogP contribution in [0.25, 0.3) is 0 Å². The van der Waals surface area contributed by atoms with Crippen LogP contribution >= 0.6 is 24.8 Å². The van der Waals surface area contributed by atoms with Gasteiger partial charge in [0.1, 0.15) is 4.32 Å². The maximum atomic E-state index is 8.77. The monoisotopic (exact) mass is 515 g/mol. The lowest BCUT2D eigenvalue weighted by Crippen LogP contribution is -2.17. The van der Waals surface area contributed by atoms with Gasteiger partial charge in [0.25, 0.3) is 0 Å². The molecule has 0 aliphatic heterocycles. The lowest BCUT2D eigenvalue weighted by atomic mass is 10.0. The largest absolute Gasteiger partial charge is 0.396 e. The SMILES string of the molecule is OCCCCCCCCCCCCCCCCCCCCCCCCCCCCCNC(=S)S. The average Bonchev–Trinajstić information content (AvgIpc) is 2.83. The third-order valence-corrected chi connectivity index (χ3v) is 7.41. The molecule has 204 valence electrons. The number of rotatable bonds is 29. The summed E-state index contributed by atoms with van der Waals surface area (Å²) in [5, 5.41) is 11.9. The zero-order chi connectivity index (χ0) is 24.8. The Labute approximate surface area is 225 Å². The molecule has 0 aromatic rings. The van der Waals surface area contributed by atoms with Crippen molar-refractivity contribution in [1.82, 2.24) is 5.32 Å². The van der Waals surface area contributed by atoms with E-state index in [1.54, 1.807) is 0 Å². The van der Waals surface area contributed by atoms with Crippen LogP contribution in [0.4, 0.5) is 0 Å². The summed E-state index contributed by atoms with van der Waals surface area (Å²) in [4.78, 5) is 0. The van der Waals surface area contributed by atoms with Gasteiger partial charge in [-0.25, -0.2) is 0 Å². The lowest BCUT2D eigenvalue weighted by Gasteiger charge is -2.05. The Hall–Kier alpha value is 0.200. The van der Waals surface area contributed by atoms with Crippen LogP contribution in [0.5, 0.6) is 0 Å². The minimum absolute atomic E-state index is 0.370.